The number of esters is 2. The summed E-state index contributed by atoms with van der Waals surface area (Å²) >= 11 is 0. The molecule has 6 nitrogen and oxygen atoms in total. The van der Waals surface area contributed by atoms with Crippen molar-refractivity contribution in [1.29, 1.82) is 0 Å². The molecule has 2 N–H and O–H groups in total. The molecule has 0 aliphatic rings. The van der Waals surface area contributed by atoms with E-state index in [9.17, 15) is 14.7 Å². The highest BCUT2D eigenvalue weighted by Crippen LogP contribution is 2.15. The largest absolute Gasteiger partial charge is 0.396 e. The Hall–Kier alpha value is -1.66. The molecular formula is C9H12O6. The molecule has 0 rings (SSSR count). The maximum atomic E-state index is 10.8. The molecule has 15 heavy (non-hydrogen) atoms. The van der Waals surface area contributed by atoms with Crippen LogP contribution in [0.3, 0.4) is 0 Å². The third-order valence-electron chi connectivity index (χ3n) is 1.28. The van der Waals surface area contributed by atoms with Crippen molar-refractivity contribution >= 4 is 11.9 Å². The Morgan fingerprint density at radius 1 is 1.20 bits per heavy atom. The van der Waals surface area contributed by atoms with Gasteiger partial charge in [-0.3, -0.25) is 0 Å². The lowest BCUT2D eigenvalue weighted by Gasteiger charge is -2.24. The average Bonchev–Trinajstić information content (AvgIpc) is 2.17. The first-order valence-electron chi connectivity index (χ1n) is 4.01. The SMILES string of the molecule is C=CC(=O)OC(O)(CCO)OC(=O)C=C. The van der Waals surface area contributed by atoms with Crippen molar-refractivity contribution in [3.63, 3.8) is 0 Å². The number of hydrogen-bond donors (Lipinski definition) is 2. The first-order valence-corrected chi connectivity index (χ1v) is 4.01. The van der Waals surface area contributed by atoms with Crippen molar-refractivity contribution in [1.82, 2.24) is 0 Å². The first kappa shape index (κ1) is 13.3. The Labute approximate surface area is 86.4 Å². The quantitative estimate of drug-likeness (QED) is 0.352. The van der Waals surface area contributed by atoms with Crippen LogP contribution in [0.2, 0.25) is 0 Å². The smallest absolute Gasteiger partial charge is 0.375 e. The van der Waals surface area contributed by atoms with Crippen molar-refractivity contribution in [3.8, 4) is 0 Å². The topological polar surface area (TPSA) is 93.1 Å². The lowest BCUT2D eigenvalue weighted by atomic mass is 10.4. The third kappa shape index (κ3) is 4.94. The van der Waals surface area contributed by atoms with Gasteiger partial charge >= 0.3 is 17.9 Å². The molecule has 0 radical (unpaired) electrons. The second-order valence-corrected chi connectivity index (χ2v) is 2.44. The molecule has 0 bridgehead atoms. The Morgan fingerprint density at radius 2 is 1.60 bits per heavy atom. The fourth-order valence-electron chi connectivity index (χ4n) is 0.662. The summed E-state index contributed by atoms with van der Waals surface area (Å²) in [6, 6.07) is 0. The lowest BCUT2D eigenvalue weighted by Crippen LogP contribution is -2.40. The summed E-state index contributed by atoms with van der Waals surface area (Å²) in [4.78, 5) is 21.5. The second-order valence-electron chi connectivity index (χ2n) is 2.44. The molecule has 0 unspecified atom stereocenters. The highest BCUT2D eigenvalue weighted by atomic mass is 16.8. The van der Waals surface area contributed by atoms with E-state index in [1.54, 1.807) is 0 Å². The van der Waals surface area contributed by atoms with Gasteiger partial charge in [0.15, 0.2) is 0 Å². The van der Waals surface area contributed by atoms with Crippen LogP contribution < -0.4 is 0 Å². The van der Waals surface area contributed by atoms with Crippen molar-refractivity contribution in [2.45, 2.75) is 12.4 Å². The number of hydrogen-bond acceptors (Lipinski definition) is 6. The molecule has 0 spiro atoms. The number of aliphatic hydroxyl groups is 2. The van der Waals surface area contributed by atoms with Gasteiger partial charge in [-0.1, -0.05) is 13.2 Å². The minimum Gasteiger partial charge on any atom is -0.396 e. The van der Waals surface area contributed by atoms with Gasteiger partial charge in [-0.15, -0.1) is 0 Å². The zero-order valence-corrected chi connectivity index (χ0v) is 8.01. The van der Waals surface area contributed by atoms with E-state index in [1.165, 1.54) is 0 Å². The van der Waals surface area contributed by atoms with Crippen LogP contribution in [0.15, 0.2) is 25.3 Å². The monoisotopic (exact) mass is 216 g/mol. The molecule has 0 atom stereocenters. The zero-order chi connectivity index (χ0) is 11.9. The molecule has 0 aliphatic heterocycles. The summed E-state index contributed by atoms with van der Waals surface area (Å²) in [6.07, 6.45) is 1.10. The molecule has 84 valence electrons. The maximum absolute atomic E-state index is 10.8. The van der Waals surface area contributed by atoms with Gasteiger partial charge in [0.2, 0.25) is 0 Å². The number of carbonyl (C=O) groups is 2. The highest BCUT2D eigenvalue weighted by molar-refractivity contribution is 5.83. The van der Waals surface area contributed by atoms with Gasteiger partial charge in [-0.2, -0.15) is 0 Å². The number of carbonyl (C=O) groups excluding carboxylic acids is 2. The van der Waals surface area contributed by atoms with E-state index in [0.717, 1.165) is 12.2 Å². The van der Waals surface area contributed by atoms with Crippen LogP contribution in [-0.2, 0) is 19.1 Å². The molecule has 0 aromatic carbocycles. The summed E-state index contributed by atoms with van der Waals surface area (Å²) in [6.45, 7) is 5.65. The Morgan fingerprint density at radius 3 is 1.87 bits per heavy atom. The van der Waals surface area contributed by atoms with Gasteiger partial charge in [-0.25, -0.2) is 9.59 Å². The van der Waals surface area contributed by atoms with Crippen molar-refractivity contribution in [2.75, 3.05) is 6.61 Å². The van der Waals surface area contributed by atoms with E-state index in [-0.39, 0.29) is 0 Å². The van der Waals surface area contributed by atoms with Gasteiger partial charge in [0, 0.05) is 12.2 Å². The number of ether oxygens (including phenoxy) is 2. The van der Waals surface area contributed by atoms with Gasteiger partial charge < -0.3 is 19.7 Å². The van der Waals surface area contributed by atoms with E-state index < -0.39 is 30.9 Å². The predicted octanol–water partition coefficient (Wildman–Crippen LogP) is -0.527. The zero-order valence-electron chi connectivity index (χ0n) is 8.01. The van der Waals surface area contributed by atoms with Gasteiger partial charge in [0.25, 0.3) is 0 Å². The molecule has 0 aliphatic carbocycles. The van der Waals surface area contributed by atoms with Crippen LogP contribution in [0.1, 0.15) is 6.42 Å². The minimum atomic E-state index is -2.49. The molecule has 0 aromatic heterocycles. The maximum Gasteiger partial charge on any atom is 0.375 e. The highest BCUT2D eigenvalue weighted by Gasteiger charge is 2.34. The summed E-state index contributed by atoms with van der Waals surface area (Å²) in [7, 11) is 0. The van der Waals surface area contributed by atoms with Crippen molar-refractivity contribution in [3.05, 3.63) is 25.3 Å². The molecule has 0 fully saturated rings. The van der Waals surface area contributed by atoms with Gasteiger partial charge in [-0.05, 0) is 0 Å². The van der Waals surface area contributed by atoms with Crippen LogP contribution >= 0.6 is 0 Å². The summed E-state index contributed by atoms with van der Waals surface area (Å²) in [5, 5.41) is 18.1. The van der Waals surface area contributed by atoms with E-state index in [4.69, 9.17) is 5.11 Å². The van der Waals surface area contributed by atoms with Crippen LogP contribution in [-0.4, -0.2) is 34.7 Å². The van der Waals surface area contributed by atoms with Crippen LogP contribution in [0, 0.1) is 0 Å². The average molecular weight is 216 g/mol. The predicted molar refractivity (Wildman–Crippen MR) is 49.2 cm³/mol. The van der Waals surface area contributed by atoms with E-state index in [2.05, 4.69) is 22.6 Å². The summed E-state index contributed by atoms with van der Waals surface area (Å²) < 4.78 is 8.70. The Kier molecular flexibility index (Phi) is 5.29. The molecule has 0 heterocycles. The lowest BCUT2D eigenvalue weighted by molar-refractivity contribution is -0.325. The fourth-order valence-corrected chi connectivity index (χ4v) is 0.662. The Bertz CT molecular complexity index is 248. The normalized spacial score (nSPS) is 10.3. The molecule has 0 aromatic rings. The molecule has 6 heteroatoms. The molecular weight excluding hydrogens is 204 g/mol. The van der Waals surface area contributed by atoms with E-state index in [0.29, 0.717) is 0 Å². The van der Waals surface area contributed by atoms with Crippen LogP contribution in [0.25, 0.3) is 0 Å². The van der Waals surface area contributed by atoms with Gasteiger partial charge in [0.1, 0.15) is 0 Å². The summed E-state index contributed by atoms with van der Waals surface area (Å²) in [5.41, 5.74) is 0. The summed E-state index contributed by atoms with van der Waals surface area (Å²) in [5.74, 6) is -4.46. The van der Waals surface area contributed by atoms with Crippen molar-refractivity contribution in [2.24, 2.45) is 0 Å². The Balaban J connectivity index is 4.56. The molecule has 0 saturated carbocycles. The van der Waals surface area contributed by atoms with E-state index in [1.807, 2.05) is 0 Å². The van der Waals surface area contributed by atoms with Crippen LogP contribution in [0.5, 0.6) is 0 Å². The minimum absolute atomic E-state index is 0.466. The van der Waals surface area contributed by atoms with Gasteiger partial charge in [0.05, 0.1) is 13.0 Å². The third-order valence-corrected chi connectivity index (χ3v) is 1.28. The fraction of sp³-hybridized carbons (Fsp3) is 0.333. The molecule has 0 saturated heterocycles. The number of rotatable bonds is 6. The number of aliphatic hydroxyl groups excluding tert-OH is 1. The standard InChI is InChI=1S/C9H12O6/c1-3-7(11)14-9(13,5-6-10)15-8(12)4-2/h3-4,10,13H,1-2,5-6H2. The second kappa shape index (κ2) is 5.94. The molecule has 0 amide bonds. The first-order chi connectivity index (χ1) is 6.97. The van der Waals surface area contributed by atoms with E-state index >= 15 is 0 Å². The van der Waals surface area contributed by atoms with Crippen LogP contribution in [0.4, 0.5) is 0 Å². The van der Waals surface area contributed by atoms with Crippen molar-refractivity contribution < 1.29 is 29.3 Å².